The molecule has 0 saturated heterocycles. The Hall–Kier alpha value is -1.46. The van der Waals surface area contributed by atoms with Crippen LogP contribution in [-0.4, -0.2) is 24.0 Å². The van der Waals surface area contributed by atoms with Crippen molar-refractivity contribution in [2.24, 2.45) is 4.99 Å². The van der Waals surface area contributed by atoms with Gasteiger partial charge in [0.05, 0.1) is 12.2 Å². The molecule has 1 unspecified atom stereocenters. The molecule has 1 atom stereocenters. The summed E-state index contributed by atoms with van der Waals surface area (Å²) >= 11 is 7.50. The minimum Gasteiger partial charge on any atom is -0.463 e. The number of rotatable bonds is 3. The molecule has 0 radical (unpaired) electrons. The zero-order valence-electron chi connectivity index (χ0n) is 11.2. The Kier molecular flexibility index (Phi) is 5.09. The van der Waals surface area contributed by atoms with Crippen LogP contribution in [0.5, 0.6) is 0 Å². The van der Waals surface area contributed by atoms with Crippen molar-refractivity contribution in [1.82, 2.24) is 5.32 Å². The van der Waals surface area contributed by atoms with Crippen LogP contribution < -0.4 is 5.32 Å². The highest BCUT2D eigenvalue weighted by atomic mass is 35.5. The van der Waals surface area contributed by atoms with Crippen molar-refractivity contribution in [2.75, 3.05) is 12.9 Å². The molecule has 1 aromatic rings. The number of hydrogen-bond donors (Lipinski definition) is 1. The summed E-state index contributed by atoms with van der Waals surface area (Å²) in [6.07, 6.45) is 3.58. The summed E-state index contributed by atoms with van der Waals surface area (Å²) in [6, 6.07) is 6.95. The number of amidine groups is 1. The van der Waals surface area contributed by atoms with Crippen LogP contribution in [0.2, 0.25) is 5.02 Å². The SMILES string of the molecule is CCOC(=O)C1=CNC(SC)=NC1c1cccc(Cl)c1. The van der Waals surface area contributed by atoms with Crippen molar-refractivity contribution in [2.45, 2.75) is 13.0 Å². The van der Waals surface area contributed by atoms with E-state index in [0.717, 1.165) is 10.7 Å². The molecule has 20 heavy (non-hydrogen) atoms. The van der Waals surface area contributed by atoms with Gasteiger partial charge < -0.3 is 10.1 Å². The van der Waals surface area contributed by atoms with E-state index in [1.165, 1.54) is 11.8 Å². The Morgan fingerprint density at radius 3 is 3.00 bits per heavy atom. The molecule has 0 bridgehead atoms. The van der Waals surface area contributed by atoms with E-state index in [9.17, 15) is 4.79 Å². The molecule has 106 valence electrons. The van der Waals surface area contributed by atoms with Gasteiger partial charge in [-0.1, -0.05) is 35.5 Å². The second-order valence-electron chi connectivity index (χ2n) is 4.06. The van der Waals surface area contributed by atoms with Crippen LogP contribution in [0.3, 0.4) is 0 Å². The highest BCUT2D eigenvalue weighted by Crippen LogP contribution is 2.31. The number of carbonyl (C=O) groups is 1. The summed E-state index contributed by atoms with van der Waals surface area (Å²) in [5.74, 6) is -0.367. The molecule has 0 saturated carbocycles. The molecule has 0 spiro atoms. The number of esters is 1. The summed E-state index contributed by atoms with van der Waals surface area (Å²) in [5.41, 5.74) is 1.34. The van der Waals surface area contributed by atoms with E-state index in [1.807, 2.05) is 24.5 Å². The van der Waals surface area contributed by atoms with E-state index in [2.05, 4.69) is 10.3 Å². The quantitative estimate of drug-likeness (QED) is 0.871. The average molecular weight is 311 g/mol. The molecular weight excluding hydrogens is 296 g/mol. The molecule has 1 N–H and O–H groups in total. The number of carbonyl (C=O) groups excluding carboxylic acids is 1. The van der Waals surface area contributed by atoms with Gasteiger partial charge in [0.15, 0.2) is 5.17 Å². The zero-order chi connectivity index (χ0) is 14.5. The molecule has 0 fully saturated rings. The summed E-state index contributed by atoms with van der Waals surface area (Å²) in [5, 5.41) is 4.36. The average Bonchev–Trinajstić information content (AvgIpc) is 2.47. The number of nitrogens with one attached hydrogen (secondary N) is 1. The van der Waals surface area contributed by atoms with Crippen molar-refractivity contribution in [3.05, 3.63) is 46.6 Å². The number of ether oxygens (including phenoxy) is 1. The zero-order valence-corrected chi connectivity index (χ0v) is 12.8. The van der Waals surface area contributed by atoms with Crippen molar-refractivity contribution in [3.63, 3.8) is 0 Å². The molecule has 1 heterocycles. The molecule has 6 heteroatoms. The predicted molar refractivity (Wildman–Crippen MR) is 83.0 cm³/mol. The number of aliphatic imine (C=N–C) groups is 1. The summed E-state index contributed by atoms with van der Waals surface area (Å²) < 4.78 is 5.08. The first-order valence-electron chi connectivity index (χ1n) is 6.16. The number of halogens is 1. The standard InChI is InChI=1S/C14H15ClN2O2S/c1-3-19-13(18)11-8-16-14(20-2)17-12(11)9-5-4-6-10(15)7-9/h4-8,12H,3H2,1-2H3,(H,16,17). The van der Waals surface area contributed by atoms with E-state index in [0.29, 0.717) is 17.2 Å². The summed E-state index contributed by atoms with van der Waals surface area (Å²) in [4.78, 5) is 16.6. The highest BCUT2D eigenvalue weighted by Gasteiger charge is 2.27. The van der Waals surface area contributed by atoms with Crippen LogP contribution in [0.1, 0.15) is 18.5 Å². The maximum absolute atomic E-state index is 12.0. The Balaban J connectivity index is 2.37. The molecule has 1 aliphatic heterocycles. The van der Waals surface area contributed by atoms with E-state index >= 15 is 0 Å². The van der Waals surface area contributed by atoms with Gasteiger partial charge in [-0.3, -0.25) is 0 Å². The largest absolute Gasteiger partial charge is 0.463 e. The molecule has 1 aliphatic rings. The fourth-order valence-corrected chi connectivity index (χ4v) is 2.46. The van der Waals surface area contributed by atoms with E-state index in [4.69, 9.17) is 16.3 Å². The van der Waals surface area contributed by atoms with E-state index in [1.54, 1.807) is 19.2 Å². The lowest BCUT2D eigenvalue weighted by Gasteiger charge is -2.22. The molecule has 1 aromatic carbocycles. The lowest BCUT2D eigenvalue weighted by molar-refractivity contribution is -0.138. The Bertz CT molecular complexity index is 572. The van der Waals surface area contributed by atoms with Gasteiger partial charge in [-0.05, 0) is 30.9 Å². The first kappa shape index (κ1) is 14.9. The van der Waals surface area contributed by atoms with Crippen LogP contribution in [0.15, 0.2) is 41.0 Å². The lowest BCUT2D eigenvalue weighted by Crippen LogP contribution is -2.26. The van der Waals surface area contributed by atoms with Crippen LogP contribution in [-0.2, 0) is 9.53 Å². The maximum Gasteiger partial charge on any atom is 0.338 e. The number of hydrogen-bond acceptors (Lipinski definition) is 5. The normalized spacial score (nSPS) is 17.9. The van der Waals surface area contributed by atoms with Gasteiger partial charge >= 0.3 is 5.97 Å². The Labute approximate surface area is 127 Å². The highest BCUT2D eigenvalue weighted by molar-refractivity contribution is 8.13. The van der Waals surface area contributed by atoms with Gasteiger partial charge in [-0.25, -0.2) is 9.79 Å². The minimum atomic E-state index is -0.392. The fourth-order valence-electron chi connectivity index (χ4n) is 1.87. The topological polar surface area (TPSA) is 50.7 Å². The third kappa shape index (κ3) is 3.35. The van der Waals surface area contributed by atoms with Crippen molar-refractivity contribution in [3.8, 4) is 0 Å². The lowest BCUT2D eigenvalue weighted by atomic mass is 9.99. The smallest absolute Gasteiger partial charge is 0.338 e. The fraction of sp³-hybridized carbons (Fsp3) is 0.286. The molecule has 0 aliphatic carbocycles. The maximum atomic E-state index is 12.0. The predicted octanol–water partition coefficient (Wildman–Crippen LogP) is 3.15. The van der Waals surface area contributed by atoms with Gasteiger partial charge in [-0.2, -0.15) is 0 Å². The van der Waals surface area contributed by atoms with Gasteiger partial charge in [0.2, 0.25) is 0 Å². The van der Waals surface area contributed by atoms with Crippen LogP contribution in [0.25, 0.3) is 0 Å². The Morgan fingerprint density at radius 1 is 1.55 bits per heavy atom. The first-order valence-corrected chi connectivity index (χ1v) is 7.77. The molecule has 2 rings (SSSR count). The molecule has 0 aromatic heterocycles. The van der Waals surface area contributed by atoms with Crippen LogP contribution in [0, 0.1) is 0 Å². The molecule has 0 amide bonds. The van der Waals surface area contributed by atoms with Crippen molar-refractivity contribution < 1.29 is 9.53 Å². The van der Waals surface area contributed by atoms with Gasteiger partial charge in [0.25, 0.3) is 0 Å². The number of nitrogens with zero attached hydrogens (tertiary/aromatic N) is 1. The number of benzene rings is 1. The van der Waals surface area contributed by atoms with Gasteiger partial charge in [-0.15, -0.1) is 0 Å². The van der Waals surface area contributed by atoms with E-state index < -0.39 is 6.04 Å². The summed E-state index contributed by atoms with van der Waals surface area (Å²) in [7, 11) is 0. The first-order chi connectivity index (χ1) is 9.65. The molecular formula is C14H15ClN2O2S. The van der Waals surface area contributed by atoms with E-state index in [-0.39, 0.29) is 5.97 Å². The Morgan fingerprint density at radius 2 is 2.35 bits per heavy atom. The summed E-state index contributed by atoms with van der Waals surface area (Å²) in [6.45, 7) is 2.11. The van der Waals surface area contributed by atoms with Crippen molar-refractivity contribution >= 4 is 34.5 Å². The third-order valence-electron chi connectivity index (χ3n) is 2.76. The number of thioether (sulfide) groups is 1. The van der Waals surface area contributed by atoms with Gasteiger partial charge in [0.1, 0.15) is 6.04 Å². The molecule has 4 nitrogen and oxygen atoms in total. The second-order valence-corrected chi connectivity index (χ2v) is 5.29. The monoisotopic (exact) mass is 310 g/mol. The van der Waals surface area contributed by atoms with Crippen LogP contribution >= 0.6 is 23.4 Å². The van der Waals surface area contributed by atoms with Crippen LogP contribution in [0.4, 0.5) is 0 Å². The second kappa shape index (κ2) is 6.81. The van der Waals surface area contributed by atoms with Gasteiger partial charge in [0, 0.05) is 11.2 Å². The third-order valence-corrected chi connectivity index (χ3v) is 3.61. The minimum absolute atomic E-state index is 0.331. The van der Waals surface area contributed by atoms with Crippen molar-refractivity contribution in [1.29, 1.82) is 0 Å².